The van der Waals surface area contributed by atoms with E-state index in [1.54, 1.807) is 0 Å². The van der Waals surface area contributed by atoms with Crippen molar-refractivity contribution in [2.45, 2.75) is 0 Å². The number of rotatable bonds is 8. The van der Waals surface area contributed by atoms with E-state index in [-0.39, 0.29) is 21.1 Å². The summed E-state index contributed by atoms with van der Waals surface area (Å²) < 4.78 is 32.7. The molecule has 0 saturated carbocycles. The summed E-state index contributed by atoms with van der Waals surface area (Å²) in [5, 5.41) is 22.2. The molecule has 0 aliphatic carbocycles. The molecule has 0 radical (unpaired) electrons. The molecule has 648 valence electrons. The molecule has 0 unspecified atom stereocenters. The van der Waals surface area contributed by atoms with Gasteiger partial charge in [-0.2, -0.15) is 0 Å². The maximum atomic E-state index is 6.94. The molecule has 12 heterocycles. The van der Waals surface area contributed by atoms with E-state index in [4.69, 9.17) is 29.4 Å². The van der Waals surface area contributed by atoms with Gasteiger partial charge in [-0.25, -0.2) is 9.97 Å². The normalized spacial score (nSPS) is 12.3. The van der Waals surface area contributed by atoms with Crippen molar-refractivity contribution in [3.8, 4) is 45.7 Å². The van der Waals surface area contributed by atoms with Crippen LogP contribution in [0.25, 0.3) is 263 Å². The Morgan fingerprint density at radius 3 is 0.734 bits per heavy atom. The van der Waals surface area contributed by atoms with Gasteiger partial charge in [-0.1, -0.05) is 264 Å². The minimum absolute atomic E-state index is 0. The van der Waals surface area contributed by atoms with Crippen molar-refractivity contribution in [1.29, 1.82) is 0 Å². The number of fused-ring (bicyclic) bond motifs is 48. The fourth-order valence-electron chi connectivity index (χ4n) is 23.2. The Hall–Kier alpha value is -18.2. The van der Waals surface area contributed by atoms with E-state index in [1.807, 2.05) is 12.1 Å². The quantitative estimate of drug-likeness (QED) is 0.111. The summed E-state index contributed by atoms with van der Waals surface area (Å²) in [5.41, 5.74) is 29.6. The van der Waals surface area contributed by atoms with Crippen molar-refractivity contribution < 1.29 is 30.5 Å². The molecule has 0 bridgehead atoms. The van der Waals surface area contributed by atoms with Crippen LogP contribution in [0.4, 0.5) is 0 Å². The van der Waals surface area contributed by atoms with Gasteiger partial charge in [-0.3, -0.25) is 18.8 Å². The number of benzene rings is 20. The Balaban J connectivity index is 0.000000130. The summed E-state index contributed by atoms with van der Waals surface area (Å²) in [6.45, 7) is 0. The van der Waals surface area contributed by atoms with E-state index in [2.05, 4.69) is 461 Å². The van der Waals surface area contributed by atoms with Crippen LogP contribution >= 0.6 is 0 Å². The molecular weight excluding hydrogens is 1880 g/mol. The number of hydrogen-bond donors (Lipinski definition) is 0. The van der Waals surface area contributed by atoms with E-state index in [1.165, 1.54) is 54.1 Å². The molecule has 0 saturated heterocycles. The van der Waals surface area contributed by atoms with Gasteiger partial charge in [0.2, 0.25) is 0 Å². The molecule has 0 atom stereocenters. The molecule has 15 heteroatoms. The van der Waals surface area contributed by atoms with Crippen LogP contribution in [0.2, 0.25) is 0 Å². The van der Waals surface area contributed by atoms with Gasteiger partial charge in [0.05, 0.1) is 111 Å². The van der Waals surface area contributed by atoms with Crippen LogP contribution in [0.1, 0.15) is 0 Å². The molecule has 0 aliphatic rings. The van der Waals surface area contributed by atoms with E-state index in [0.717, 1.165) is 221 Å². The Morgan fingerprint density at radius 2 is 0.424 bits per heavy atom. The third-order valence-corrected chi connectivity index (χ3v) is 28.8. The van der Waals surface area contributed by atoms with Crippen molar-refractivity contribution in [2.24, 2.45) is 0 Å². The largest absolute Gasteiger partial charge is 2.00 e. The summed E-state index contributed by atoms with van der Waals surface area (Å²) in [5.74, 6) is 2.62. The van der Waals surface area contributed by atoms with Crippen LogP contribution in [-0.4, -0.2) is 55.8 Å². The van der Waals surface area contributed by atoms with E-state index < -0.39 is 0 Å². The number of ether oxygens (including phenoxy) is 2. The van der Waals surface area contributed by atoms with Crippen LogP contribution in [0.3, 0.4) is 0 Å². The van der Waals surface area contributed by atoms with Gasteiger partial charge in [0, 0.05) is 110 Å². The first-order chi connectivity index (χ1) is 68.5. The standard InChI is InChI=1S/C62H36N6O.C62H34N6O.Pt/c2*1-3-15-37(16-4-1)65-51-23-11-7-19-45(51)57-55(65)33-31-43-41-29-27-39(35-47(41)61-63-49-21-9-13-25-53(49)67(61)59(43)57)69-40-28-30-42-44-32-34-56-58(46-20-8-12-24-52(46)66(56)38-17-5-2-6-18-38)60(44)68-54-26-14-10-22-50(54)64-62(68)48(42)36-40;/h1-36H;1-34H;/q;-2;+2. The van der Waals surface area contributed by atoms with Crippen LogP contribution in [-0.2, 0) is 21.1 Å². The van der Waals surface area contributed by atoms with Crippen molar-refractivity contribution in [1.82, 2.24) is 55.8 Å². The predicted molar refractivity (Wildman–Crippen MR) is 566 cm³/mol. The van der Waals surface area contributed by atoms with Gasteiger partial charge in [-0.15, -0.1) is 12.1 Å². The average molecular weight is 1960 g/mol. The summed E-state index contributed by atoms with van der Waals surface area (Å²) in [6.07, 6.45) is 0. The van der Waals surface area contributed by atoms with Gasteiger partial charge in [0.15, 0.2) is 0 Å². The maximum Gasteiger partial charge on any atom is 2.00 e. The Bertz CT molecular complexity index is 9740. The summed E-state index contributed by atoms with van der Waals surface area (Å²) in [7, 11) is 0. The molecule has 0 spiro atoms. The zero-order chi connectivity index (χ0) is 89.8. The zero-order valence-corrected chi connectivity index (χ0v) is 76.2. The van der Waals surface area contributed by atoms with Crippen molar-refractivity contribution in [2.75, 3.05) is 0 Å². The smallest absolute Gasteiger partial charge is 0.497 e. The molecule has 12 aromatic heterocycles. The van der Waals surface area contributed by atoms with Crippen LogP contribution in [0.5, 0.6) is 23.0 Å². The minimum atomic E-state index is 0. The second kappa shape index (κ2) is 29.4. The topological polar surface area (TPSA) is 107 Å². The first kappa shape index (κ1) is 77.2. The second-order valence-electron chi connectivity index (χ2n) is 36.1. The van der Waals surface area contributed by atoms with E-state index in [0.29, 0.717) is 11.5 Å². The first-order valence-corrected chi connectivity index (χ1v) is 46.7. The second-order valence-corrected chi connectivity index (χ2v) is 36.1. The average Bonchev–Trinajstić information content (AvgIpc) is 1.56. The van der Waals surface area contributed by atoms with Crippen molar-refractivity contribution >= 4 is 241 Å². The van der Waals surface area contributed by atoms with Crippen molar-refractivity contribution in [3.05, 3.63) is 437 Å². The molecule has 0 fully saturated rings. The number of nitrogens with zero attached hydrogens (tertiary/aromatic N) is 12. The van der Waals surface area contributed by atoms with E-state index >= 15 is 0 Å². The molecule has 32 rings (SSSR count). The zero-order valence-electron chi connectivity index (χ0n) is 73.9. The molecular formula is C124H70N12O2Pt. The number of imidazole rings is 4. The predicted octanol–water partition coefficient (Wildman–Crippen LogP) is 31.4. The molecule has 14 nitrogen and oxygen atoms in total. The van der Waals surface area contributed by atoms with Gasteiger partial charge in [0.1, 0.15) is 22.8 Å². The monoisotopic (exact) mass is 1950 g/mol. The molecule has 0 aliphatic heterocycles. The number of aromatic nitrogens is 12. The Morgan fingerprint density at radius 1 is 0.180 bits per heavy atom. The SMILES string of the molecule is [Pt+2].[c-]1c(Oc2[c-]c3c(cc2)c2ccc4c(c5ccccc5n4-c4ccccc4)c2n2c4ccccc4nc32)ccc2c1c1nc3ccccc3n1c1c2ccc2c1c1ccccc1n2-c1ccccc1.c1ccc(-n2c3ccccc3c3c2ccc2c4ccc(Oc5ccc6c(c5)c5nc7ccccc7n5c5c6ccc6c5c5ccccc5n6-c5ccccc5)cc4c4nc5ccccc5n4c23)cc1. The van der Waals surface area contributed by atoms with Crippen molar-refractivity contribution in [3.63, 3.8) is 0 Å². The third-order valence-electron chi connectivity index (χ3n) is 28.8. The van der Waals surface area contributed by atoms with Crippen LogP contribution in [0.15, 0.2) is 425 Å². The van der Waals surface area contributed by atoms with Gasteiger partial charge < -0.3 is 36.5 Å². The summed E-state index contributed by atoms with van der Waals surface area (Å²) in [4.78, 5) is 21.4. The summed E-state index contributed by atoms with van der Waals surface area (Å²) in [6, 6.07) is 158. The minimum Gasteiger partial charge on any atom is -0.497 e. The fraction of sp³-hybridized carbons (Fsp3) is 0. The summed E-state index contributed by atoms with van der Waals surface area (Å²) >= 11 is 0. The molecule has 20 aromatic carbocycles. The third kappa shape index (κ3) is 10.9. The van der Waals surface area contributed by atoms with Crippen LogP contribution < -0.4 is 9.47 Å². The molecule has 0 N–H and O–H groups in total. The number of para-hydroxylation sites is 16. The fourth-order valence-corrected chi connectivity index (χ4v) is 23.2. The molecule has 32 aromatic rings. The number of pyridine rings is 4. The Kier molecular flexibility index (Phi) is 16.3. The van der Waals surface area contributed by atoms with Crippen LogP contribution in [0, 0.1) is 12.1 Å². The van der Waals surface area contributed by atoms with E-state index in [9.17, 15) is 0 Å². The number of hydrogen-bond acceptors (Lipinski definition) is 6. The van der Waals surface area contributed by atoms with Gasteiger partial charge in [-0.05, 0) is 204 Å². The van der Waals surface area contributed by atoms with Gasteiger partial charge in [0.25, 0.3) is 0 Å². The Labute approximate surface area is 803 Å². The molecule has 139 heavy (non-hydrogen) atoms. The first-order valence-electron chi connectivity index (χ1n) is 46.7. The van der Waals surface area contributed by atoms with Gasteiger partial charge >= 0.3 is 21.1 Å². The maximum absolute atomic E-state index is 6.94. The molecule has 0 amide bonds.